The van der Waals surface area contributed by atoms with E-state index in [9.17, 15) is 13.2 Å². The first-order valence-electron chi connectivity index (χ1n) is 6.45. The van der Waals surface area contributed by atoms with Crippen LogP contribution in [-0.4, -0.2) is 9.55 Å². The molecule has 112 valence electrons. The molecule has 0 saturated carbocycles. The van der Waals surface area contributed by atoms with Gasteiger partial charge in [0.2, 0.25) is 0 Å². The van der Waals surface area contributed by atoms with E-state index in [2.05, 4.69) is 20.9 Å². The Kier molecular flexibility index (Phi) is 4.02. The first-order valence-corrected chi connectivity index (χ1v) is 7.25. The van der Waals surface area contributed by atoms with Crippen molar-refractivity contribution in [3.8, 4) is 11.4 Å². The lowest BCUT2D eigenvalue weighted by Gasteiger charge is -2.10. The Morgan fingerprint density at radius 1 is 1.05 bits per heavy atom. The van der Waals surface area contributed by atoms with Crippen molar-refractivity contribution in [3.05, 3.63) is 76.3 Å². The average Bonchev–Trinajstić information content (AvgIpc) is 2.93. The number of imidazole rings is 1. The number of nitrogens with zero attached hydrogens (tertiary/aromatic N) is 2. The van der Waals surface area contributed by atoms with Gasteiger partial charge in [-0.1, -0.05) is 28.1 Å². The van der Waals surface area contributed by atoms with Gasteiger partial charge in [-0.15, -0.1) is 0 Å². The number of aromatic nitrogens is 2. The van der Waals surface area contributed by atoms with Gasteiger partial charge in [0.15, 0.2) is 17.5 Å². The number of rotatable bonds is 3. The van der Waals surface area contributed by atoms with Crippen LogP contribution >= 0.6 is 15.9 Å². The van der Waals surface area contributed by atoms with Gasteiger partial charge < -0.3 is 4.57 Å². The van der Waals surface area contributed by atoms with E-state index in [4.69, 9.17) is 0 Å². The molecule has 0 amide bonds. The normalized spacial score (nSPS) is 10.9. The highest BCUT2D eigenvalue weighted by molar-refractivity contribution is 9.10. The van der Waals surface area contributed by atoms with Crippen LogP contribution in [0.1, 0.15) is 5.56 Å². The number of halogens is 4. The van der Waals surface area contributed by atoms with Crippen molar-refractivity contribution >= 4 is 15.9 Å². The van der Waals surface area contributed by atoms with E-state index in [1.165, 1.54) is 12.3 Å². The first kappa shape index (κ1) is 14.8. The van der Waals surface area contributed by atoms with Gasteiger partial charge in [-0.25, -0.2) is 18.2 Å². The molecule has 22 heavy (non-hydrogen) atoms. The summed E-state index contributed by atoms with van der Waals surface area (Å²) in [7, 11) is 0. The molecular formula is C16H10BrF3N2. The van der Waals surface area contributed by atoms with E-state index < -0.39 is 17.5 Å². The molecular weight excluding hydrogens is 357 g/mol. The molecule has 0 N–H and O–H groups in total. The standard InChI is InChI=1S/C16H10BrF3N2/c17-11-3-1-2-10(8-11)9-22-7-6-21-16(22)12-4-5-13(18)15(20)14(12)19/h1-8H,9H2. The van der Waals surface area contributed by atoms with Crippen molar-refractivity contribution in [1.29, 1.82) is 0 Å². The lowest BCUT2D eigenvalue weighted by atomic mass is 10.1. The summed E-state index contributed by atoms with van der Waals surface area (Å²) in [6.07, 6.45) is 3.16. The summed E-state index contributed by atoms with van der Waals surface area (Å²) < 4.78 is 43.0. The van der Waals surface area contributed by atoms with E-state index >= 15 is 0 Å². The molecule has 3 rings (SSSR count). The van der Waals surface area contributed by atoms with Crippen LogP contribution in [0.3, 0.4) is 0 Å². The maximum absolute atomic E-state index is 13.9. The topological polar surface area (TPSA) is 17.8 Å². The summed E-state index contributed by atoms with van der Waals surface area (Å²) in [6.45, 7) is 0.438. The molecule has 0 saturated heterocycles. The van der Waals surface area contributed by atoms with Gasteiger partial charge in [-0.3, -0.25) is 0 Å². The zero-order valence-corrected chi connectivity index (χ0v) is 12.8. The van der Waals surface area contributed by atoms with E-state index in [-0.39, 0.29) is 11.4 Å². The average molecular weight is 367 g/mol. The molecule has 0 atom stereocenters. The van der Waals surface area contributed by atoms with Gasteiger partial charge in [0.1, 0.15) is 5.82 Å². The largest absolute Gasteiger partial charge is 0.326 e. The van der Waals surface area contributed by atoms with Crippen molar-refractivity contribution in [2.75, 3.05) is 0 Å². The Morgan fingerprint density at radius 3 is 2.64 bits per heavy atom. The maximum Gasteiger partial charge on any atom is 0.195 e. The minimum absolute atomic E-state index is 0.0705. The van der Waals surface area contributed by atoms with Crippen LogP contribution in [-0.2, 0) is 6.54 Å². The van der Waals surface area contributed by atoms with Crippen molar-refractivity contribution in [2.45, 2.75) is 6.54 Å². The third-order valence-corrected chi connectivity index (χ3v) is 3.73. The molecule has 0 fully saturated rings. The van der Waals surface area contributed by atoms with Crippen LogP contribution in [0.2, 0.25) is 0 Å². The Morgan fingerprint density at radius 2 is 1.86 bits per heavy atom. The summed E-state index contributed by atoms with van der Waals surface area (Å²) >= 11 is 3.38. The van der Waals surface area contributed by atoms with Gasteiger partial charge in [0, 0.05) is 23.4 Å². The third kappa shape index (κ3) is 2.78. The second-order valence-electron chi connectivity index (χ2n) is 4.73. The highest BCUT2D eigenvalue weighted by Crippen LogP contribution is 2.25. The number of hydrogen-bond acceptors (Lipinski definition) is 1. The van der Waals surface area contributed by atoms with Crippen molar-refractivity contribution in [1.82, 2.24) is 9.55 Å². The molecule has 0 bridgehead atoms. The van der Waals surface area contributed by atoms with E-state index in [1.54, 1.807) is 10.8 Å². The van der Waals surface area contributed by atoms with Crippen LogP contribution < -0.4 is 0 Å². The first-order chi connectivity index (χ1) is 10.6. The smallest absolute Gasteiger partial charge is 0.195 e. The fourth-order valence-electron chi connectivity index (χ4n) is 2.21. The lowest BCUT2D eigenvalue weighted by molar-refractivity contribution is 0.448. The van der Waals surface area contributed by atoms with Gasteiger partial charge in [-0.05, 0) is 29.8 Å². The van der Waals surface area contributed by atoms with E-state index in [0.717, 1.165) is 16.1 Å². The minimum Gasteiger partial charge on any atom is -0.326 e. The summed E-state index contributed by atoms with van der Waals surface area (Å²) in [6, 6.07) is 9.70. The number of hydrogen-bond donors (Lipinski definition) is 0. The zero-order chi connectivity index (χ0) is 15.7. The Labute approximate surface area is 133 Å². The number of benzene rings is 2. The van der Waals surface area contributed by atoms with Gasteiger partial charge in [0.05, 0.1) is 5.56 Å². The van der Waals surface area contributed by atoms with Crippen molar-refractivity contribution < 1.29 is 13.2 Å². The summed E-state index contributed by atoms with van der Waals surface area (Å²) in [4.78, 5) is 4.06. The van der Waals surface area contributed by atoms with Crippen molar-refractivity contribution in [2.24, 2.45) is 0 Å². The highest BCUT2D eigenvalue weighted by atomic mass is 79.9. The Bertz CT molecular complexity index is 830. The quantitative estimate of drug-likeness (QED) is 0.610. The zero-order valence-electron chi connectivity index (χ0n) is 11.2. The molecule has 0 unspecified atom stereocenters. The SMILES string of the molecule is Fc1ccc(-c2nccn2Cc2cccc(Br)c2)c(F)c1F. The molecule has 0 aliphatic rings. The highest BCUT2D eigenvalue weighted by Gasteiger charge is 2.18. The molecule has 6 heteroatoms. The van der Waals surface area contributed by atoms with Crippen LogP contribution in [0.15, 0.2) is 53.3 Å². The second kappa shape index (κ2) is 5.96. The molecule has 0 aliphatic carbocycles. The van der Waals surface area contributed by atoms with Crippen LogP contribution in [0.5, 0.6) is 0 Å². The van der Waals surface area contributed by atoms with Gasteiger partial charge in [-0.2, -0.15) is 0 Å². The second-order valence-corrected chi connectivity index (χ2v) is 5.65. The Balaban J connectivity index is 2.01. The molecule has 3 aromatic rings. The van der Waals surface area contributed by atoms with Crippen LogP contribution in [0.25, 0.3) is 11.4 Å². The predicted octanol–water partition coefficient (Wildman–Crippen LogP) is 4.78. The minimum atomic E-state index is -1.49. The molecule has 2 aromatic carbocycles. The Hall–Kier alpha value is -2.08. The van der Waals surface area contributed by atoms with Gasteiger partial charge in [0.25, 0.3) is 0 Å². The van der Waals surface area contributed by atoms with E-state index in [1.807, 2.05) is 24.3 Å². The summed E-state index contributed by atoms with van der Waals surface area (Å²) in [5.41, 5.74) is 0.899. The maximum atomic E-state index is 13.9. The lowest BCUT2D eigenvalue weighted by Crippen LogP contribution is -2.03. The van der Waals surface area contributed by atoms with E-state index in [0.29, 0.717) is 6.54 Å². The fourth-order valence-corrected chi connectivity index (χ4v) is 2.66. The third-order valence-electron chi connectivity index (χ3n) is 3.23. The molecule has 0 radical (unpaired) electrons. The molecule has 1 heterocycles. The summed E-state index contributed by atoms with van der Waals surface area (Å²) in [5.74, 6) is -3.70. The molecule has 2 nitrogen and oxygen atoms in total. The predicted molar refractivity (Wildman–Crippen MR) is 80.8 cm³/mol. The van der Waals surface area contributed by atoms with Crippen LogP contribution in [0, 0.1) is 17.5 Å². The van der Waals surface area contributed by atoms with Crippen LogP contribution in [0.4, 0.5) is 13.2 Å². The monoisotopic (exact) mass is 366 g/mol. The molecule has 1 aromatic heterocycles. The molecule has 0 spiro atoms. The summed E-state index contributed by atoms with van der Waals surface area (Å²) in [5, 5.41) is 0. The molecule has 0 aliphatic heterocycles. The fraction of sp³-hybridized carbons (Fsp3) is 0.0625. The van der Waals surface area contributed by atoms with Gasteiger partial charge >= 0.3 is 0 Å². The van der Waals surface area contributed by atoms with Crippen molar-refractivity contribution in [3.63, 3.8) is 0 Å².